The summed E-state index contributed by atoms with van der Waals surface area (Å²) in [5, 5.41) is 14.6. The number of carbonyl (C=O) groups excluding carboxylic acids is 1. The summed E-state index contributed by atoms with van der Waals surface area (Å²) in [7, 11) is 0. The lowest BCUT2D eigenvalue weighted by atomic mass is 10.2. The predicted octanol–water partition coefficient (Wildman–Crippen LogP) is 2.50. The second-order valence-electron chi connectivity index (χ2n) is 4.63. The van der Waals surface area contributed by atoms with Crippen LogP contribution in [0.5, 0.6) is 0 Å². The van der Waals surface area contributed by atoms with E-state index >= 15 is 0 Å². The van der Waals surface area contributed by atoms with E-state index in [4.69, 9.17) is 5.11 Å². The zero-order valence-corrected chi connectivity index (χ0v) is 13.1. The number of hydrogen-bond donors (Lipinski definition) is 2. The van der Waals surface area contributed by atoms with Crippen molar-refractivity contribution in [3.8, 4) is 10.6 Å². The number of thiazole rings is 1. The smallest absolute Gasteiger partial charge is 0.318 e. The van der Waals surface area contributed by atoms with Crippen LogP contribution in [0.25, 0.3) is 10.6 Å². The topological polar surface area (TPSA) is 65.5 Å². The molecule has 2 rings (SSSR count). The second-order valence-corrected chi connectivity index (χ2v) is 5.49. The van der Waals surface area contributed by atoms with Crippen molar-refractivity contribution in [1.29, 1.82) is 0 Å². The van der Waals surface area contributed by atoms with Crippen LogP contribution in [-0.4, -0.2) is 40.7 Å². The van der Waals surface area contributed by atoms with E-state index in [1.807, 2.05) is 35.7 Å². The van der Waals surface area contributed by atoms with Gasteiger partial charge in [-0.25, -0.2) is 9.78 Å². The molecule has 0 bridgehead atoms. The summed E-state index contributed by atoms with van der Waals surface area (Å²) >= 11 is 1.55. The fraction of sp³-hybridized carbons (Fsp3) is 0.250. The number of amides is 2. The van der Waals surface area contributed by atoms with Gasteiger partial charge in [-0.3, -0.25) is 0 Å². The summed E-state index contributed by atoms with van der Waals surface area (Å²) in [5.74, 6) is 0. The number of hydrogen-bond acceptors (Lipinski definition) is 4. The van der Waals surface area contributed by atoms with Gasteiger partial charge in [0.15, 0.2) is 0 Å². The fourth-order valence-corrected chi connectivity index (χ4v) is 2.76. The van der Waals surface area contributed by atoms with Gasteiger partial charge in [0.25, 0.3) is 0 Å². The Morgan fingerprint density at radius 3 is 2.86 bits per heavy atom. The standard InChI is InChI=1S/C16H19N3O2S/c1-2-8-19(9-10-20)16(21)17-11-14-12-22-15(18-14)13-6-4-3-5-7-13/h2-7,12,20H,1,8-11H2,(H,17,21). The molecular formula is C16H19N3O2S. The maximum atomic E-state index is 12.0. The maximum Gasteiger partial charge on any atom is 0.318 e. The van der Waals surface area contributed by atoms with Gasteiger partial charge in [0.05, 0.1) is 18.8 Å². The van der Waals surface area contributed by atoms with Gasteiger partial charge in [0.1, 0.15) is 5.01 Å². The van der Waals surface area contributed by atoms with Crippen molar-refractivity contribution in [1.82, 2.24) is 15.2 Å². The lowest BCUT2D eigenvalue weighted by Crippen LogP contribution is -2.41. The third-order valence-electron chi connectivity index (χ3n) is 3.00. The molecule has 22 heavy (non-hydrogen) atoms. The van der Waals surface area contributed by atoms with Crippen molar-refractivity contribution in [2.45, 2.75) is 6.54 Å². The van der Waals surface area contributed by atoms with E-state index in [2.05, 4.69) is 16.9 Å². The molecular weight excluding hydrogens is 298 g/mol. The highest BCUT2D eigenvalue weighted by atomic mass is 32.1. The van der Waals surface area contributed by atoms with Crippen LogP contribution in [0.4, 0.5) is 4.79 Å². The molecule has 0 aliphatic heterocycles. The highest BCUT2D eigenvalue weighted by Crippen LogP contribution is 2.23. The van der Waals surface area contributed by atoms with Crippen LogP contribution in [-0.2, 0) is 6.54 Å². The molecule has 0 aliphatic carbocycles. The van der Waals surface area contributed by atoms with E-state index in [-0.39, 0.29) is 19.2 Å². The summed E-state index contributed by atoms with van der Waals surface area (Å²) < 4.78 is 0. The number of urea groups is 1. The van der Waals surface area contributed by atoms with Gasteiger partial charge < -0.3 is 15.3 Å². The normalized spacial score (nSPS) is 10.2. The first-order valence-corrected chi connectivity index (χ1v) is 7.87. The highest BCUT2D eigenvalue weighted by Gasteiger charge is 2.12. The van der Waals surface area contributed by atoms with Gasteiger partial charge in [0, 0.05) is 24.0 Å². The summed E-state index contributed by atoms with van der Waals surface area (Å²) in [4.78, 5) is 18.0. The Kier molecular flexibility index (Phi) is 6.12. The molecule has 0 saturated heterocycles. The number of aromatic nitrogens is 1. The van der Waals surface area contributed by atoms with Crippen LogP contribution in [0.1, 0.15) is 5.69 Å². The van der Waals surface area contributed by atoms with Gasteiger partial charge in [-0.15, -0.1) is 17.9 Å². The molecule has 6 heteroatoms. The first kappa shape index (κ1) is 16.2. The second kappa shape index (κ2) is 8.31. The van der Waals surface area contributed by atoms with Gasteiger partial charge in [0.2, 0.25) is 0 Å². The quantitative estimate of drug-likeness (QED) is 0.771. The van der Waals surface area contributed by atoms with Crippen molar-refractivity contribution in [2.24, 2.45) is 0 Å². The summed E-state index contributed by atoms with van der Waals surface area (Å²) in [6, 6.07) is 9.69. The molecule has 1 aromatic carbocycles. The van der Waals surface area contributed by atoms with Crippen molar-refractivity contribution in [3.63, 3.8) is 0 Å². The molecule has 0 unspecified atom stereocenters. The molecule has 0 aliphatic rings. The molecule has 5 nitrogen and oxygen atoms in total. The average Bonchev–Trinajstić information content (AvgIpc) is 3.02. The minimum atomic E-state index is -0.233. The number of rotatable bonds is 7. The van der Waals surface area contributed by atoms with Gasteiger partial charge >= 0.3 is 6.03 Å². The van der Waals surface area contributed by atoms with Gasteiger partial charge in [-0.05, 0) is 0 Å². The van der Waals surface area contributed by atoms with Crippen molar-refractivity contribution in [3.05, 3.63) is 54.1 Å². The van der Waals surface area contributed by atoms with Crippen LogP contribution >= 0.6 is 11.3 Å². The first-order valence-electron chi connectivity index (χ1n) is 6.99. The third-order valence-corrected chi connectivity index (χ3v) is 3.94. The molecule has 2 N–H and O–H groups in total. The zero-order chi connectivity index (χ0) is 15.8. The van der Waals surface area contributed by atoms with Crippen LogP contribution in [0.3, 0.4) is 0 Å². The fourth-order valence-electron chi connectivity index (χ4n) is 1.93. The van der Waals surface area contributed by atoms with E-state index < -0.39 is 0 Å². The molecule has 0 fully saturated rings. The van der Waals surface area contributed by atoms with E-state index in [1.54, 1.807) is 17.4 Å². The molecule has 0 spiro atoms. The minimum Gasteiger partial charge on any atom is -0.395 e. The predicted molar refractivity (Wildman–Crippen MR) is 88.6 cm³/mol. The largest absolute Gasteiger partial charge is 0.395 e. The molecule has 0 saturated carbocycles. The summed E-state index contributed by atoms with van der Waals surface area (Å²) in [6.07, 6.45) is 1.63. The lowest BCUT2D eigenvalue weighted by Gasteiger charge is -2.20. The van der Waals surface area contributed by atoms with Crippen LogP contribution in [0.15, 0.2) is 48.4 Å². The number of carbonyl (C=O) groups is 1. The van der Waals surface area contributed by atoms with Crippen molar-refractivity contribution < 1.29 is 9.90 Å². The van der Waals surface area contributed by atoms with E-state index in [0.29, 0.717) is 13.1 Å². The Morgan fingerprint density at radius 1 is 1.41 bits per heavy atom. The highest BCUT2D eigenvalue weighted by molar-refractivity contribution is 7.13. The van der Waals surface area contributed by atoms with Crippen LogP contribution < -0.4 is 5.32 Å². The Balaban J connectivity index is 1.93. The lowest BCUT2D eigenvalue weighted by molar-refractivity contribution is 0.183. The zero-order valence-electron chi connectivity index (χ0n) is 12.2. The minimum absolute atomic E-state index is 0.0733. The van der Waals surface area contributed by atoms with Crippen molar-refractivity contribution in [2.75, 3.05) is 19.7 Å². The molecule has 0 atom stereocenters. The molecule has 2 aromatic rings. The van der Waals surface area contributed by atoms with Crippen molar-refractivity contribution >= 4 is 17.4 Å². The SMILES string of the molecule is C=CCN(CCO)C(=O)NCc1csc(-c2ccccc2)n1. The molecule has 0 radical (unpaired) electrons. The molecule has 2 amide bonds. The summed E-state index contributed by atoms with van der Waals surface area (Å²) in [6.45, 7) is 4.58. The molecule has 116 valence electrons. The van der Waals surface area contributed by atoms with E-state index in [0.717, 1.165) is 16.3 Å². The number of nitrogens with zero attached hydrogens (tertiary/aromatic N) is 2. The van der Waals surface area contributed by atoms with Gasteiger partial charge in [-0.2, -0.15) is 0 Å². The summed E-state index contributed by atoms with van der Waals surface area (Å²) in [5.41, 5.74) is 1.89. The monoisotopic (exact) mass is 317 g/mol. The Hall–Kier alpha value is -2.18. The first-order chi connectivity index (χ1) is 10.7. The Bertz CT molecular complexity index is 613. The van der Waals surface area contributed by atoms with E-state index in [1.165, 1.54) is 4.90 Å². The van der Waals surface area contributed by atoms with E-state index in [9.17, 15) is 4.79 Å². The average molecular weight is 317 g/mol. The molecule has 1 heterocycles. The van der Waals surface area contributed by atoms with Gasteiger partial charge in [-0.1, -0.05) is 36.4 Å². The number of benzene rings is 1. The number of aliphatic hydroxyl groups is 1. The Labute approximate surface area is 133 Å². The maximum absolute atomic E-state index is 12.0. The van der Waals surface area contributed by atoms with Crippen LogP contribution in [0, 0.1) is 0 Å². The Morgan fingerprint density at radius 2 is 2.18 bits per heavy atom. The third kappa shape index (κ3) is 4.41. The van der Waals surface area contributed by atoms with Crippen LogP contribution in [0.2, 0.25) is 0 Å². The number of nitrogens with one attached hydrogen (secondary N) is 1. The number of aliphatic hydroxyl groups excluding tert-OH is 1. The molecule has 1 aromatic heterocycles.